The number of hydrogen-bond donors (Lipinski definition) is 0. The molecule has 0 unspecified atom stereocenters. The van der Waals surface area contributed by atoms with Crippen LogP contribution in [0.4, 0.5) is 0 Å². The standard InChI is InChI=1S/I6P/c1-6-7(2,3,4)5/q-1. The summed E-state index contributed by atoms with van der Waals surface area (Å²) in [5, 5.41) is 0. The Morgan fingerprint density at radius 2 is 1.14 bits per heavy atom. The number of rotatable bonds is 1. The second kappa shape index (κ2) is 4.16. The SMILES string of the molecule is I[I-]P(I)(I)(I)I. The van der Waals surface area contributed by atoms with Crippen LogP contribution in [0, 0.1) is 0 Å². The normalized spacial score (nSPS) is 18.7. The first-order valence-electron chi connectivity index (χ1n) is 0.988. The van der Waals surface area contributed by atoms with Crippen molar-refractivity contribution in [2.75, 3.05) is 0 Å². The maximum absolute atomic E-state index is 2.61. The van der Waals surface area contributed by atoms with Crippen LogP contribution in [0.1, 0.15) is 0 Å². The van der Waals surface area contributed by atoms with Crippen LogP contribution in [-0.4, -0.2) is 0 Å². The zero-order valence-corrected chi connectivity index (χ0v) is 16.6. The molecular formula is I6P-. The molecule has 0 bridgehead atoms. The molecule has 0 aromatic rings. The van der Waals surface area contributed by atoms with E-state index in [9.17, 15) is 0 Å². The van der Waals surface area contributed by atoms with Gasteiger partial charge >= 0.3 is 118 Å². The van der Waals surface area contributed by atoms with Crippen molar-refractivity contribution >= 4 is 102 Å². The topological polar surface area (TPSA) is 0 Å². The summed E-state index contributed by atoms with van der Waals surface area (Å²) in [5.74, 6) is 0. The second-order valence-corrected chi connectivity index (χ2v) is 94.9. The first-order valence-corrected chi connectivity index (χ1v) is 23.4. The van der Waals surface area contributed by atoms with Gasteiger partial charge in [0.1, 0.15) is 0 Å². The summed E-state index contributed by atoms with van der Waals surface area (Å²) in [6.45, 7) is 0. The summed E-state index contributed by atoms with van der Waals surface area (Å²) in [6.07, 6.45) is 0. The van der Waals surface area contributed by atoms with Gasteiger partial charge < -0.3 is 0 Å². The van der Waals surface area contributed by atoms with Gasteiger partial charge in [-0.3, -0.25) is 0 Å². The maximum atomic E-state index is 2.61. The zero-order chi connectivity index (χ0) is 6.15. The van der Waals surface area contributed by atoms with Crippen LogP contribution in [0.5, 0.6) is 0 Å². The molecule has 0 aromatic heterocycles. The van der Waals surface area contributed by atoms with Gasteiger partial charge in [0.2, 0.25) is 0 Å². The molecule has 0 fully saturated rings. The van der Waals surface area contributed by atoms with E-state index in [4.69, 9.17) is 0 Å². The Morgan fingerprint density at radius 3 is 1.14 bits per heavy atom. The molecule has 0 atom stereocenters. The molecule has 0 aliphatic carbocycles. The van der Waals surface area contributed by atoms with Crippen LogP contribution >= 0.6 is 102 Å². The summed E-state index contributed by atoms with van der Waals surface area (Å²) >= 11 is 13.4. The molecule has 0 nitrogen and oxygen atoms in total. The summed E-state index contributed by atoms with van der Waals surface area (Å²) in [6, 6.07) is 0. The molecule has 0 aliphatic heterocycles. The van der Waals surface area contributed by atoms with E-state index in [-0.39, 0.29) is 0 Å². The zero-order valence-electron chi connectivity index (χ0n) is 2.72. The fraction of sp³-hybridized carbons (Fsp3) is 0. The molecule has 0 saturated heterocycles. The molecule has 0 rings (SSSR count). The van der Waals surface area contributed by atoms with Gasteiger partial charge in [-0.15, -0.1) is 0 Å². The summed E-state index contributed by atoms with van der Waals surface area (Å²) < 4.78 is -1.10. The molecule has 7 heavy (non-hydrogen) atoms. The average molecular weight is 792 g/mol. The van der Waals surface area contributed by atoms with Gasteiger partial charge in [-0.1, -0.05) is 0 Å². The molecule has 0 spiro atoms. The van der Waals surface area contributed by atoms with Crippen molar-refractivity contribution in [3.8, 4) is 0 Å². The molecule has 0 amide bonds. The van der Waals surface area contributed by atoms with Gasteiger partial charge in [0.25, 0.3) is 0 Å². The minimum absolute atomic E-state index is 0.428. The van der Waals surface area contributed by atoms with E-state index in [1.54, 1.807) is 0 Å². The van der Waals surface area contributed by atoms with E-state index in [0.29, 0.717) is 16.7 Å². The molecule has 0 aliphatic rings. The predicted octanol–water partition coefficient (Wildman–Crippen LogP) is 2.29. The molecule has 0 aromatic carbocycles. The van der Waals surface area contributed by atoms with E-state index in [2.05, 4.69) is 107 Å². The van der Waals surface area contributed by atoms with Crippen molar-refractivity contribution in [3.05, 3.63) is 0 Å². The Labute approximate surface area is 114 Å². The molecule has 0 heterocycles. The Morgan fingerprint density at radius 1 is 1.00 bits per heavy atom. The van der Waals surface area contributed by atoms with Gasteiger partial charge in [0, 0.05) is 0 Å². The second-order valence-electron chi connectivity index (χ2n) is 0.703. The van der Waals surface area contributed by atoms with E-state index in [0.717, 1.165) is 0 Å². The van der Waals surface area contributed by atoms with Crippen molar-refractivity contribution in [1.82, 2.24) is 0 Å². The summed E-state index contributed by atoms with van der Waals surface area (Å²) in [5.41, 5.74) is 0. The van der Waals surface area contributed by atoms with Crippen molar-refractivity contribution in [2.24, 2.45) is 0 Å². The molecule has 48 valence electrons. The van der Waals surface area contributed by atoms with Crippen molar-refractivity contribution in [3.63, 3.8) is 0 Å². The van der Waals surface area contributed by atoms with Gasteiger partial charge in [0.05, 0.1) is 0 Å². The third-order valence-electron chi connectivity index (χ3n) is 0.0966. The minimum atomic E-state index is -1.10. The Hall–Kier alpha value is 4.81. The third kappa shape index (κ3) is 10.8. The molecule has 0 radical (unpaired) electrons. The van der Waals surface area contributed by atoms with E-state index < -0.39 is -5.18 Å². The van der Waals surface area contributed by atoms with Crippen LogP contribution in [-0.2, 0) is 0 Å². The van der Waals surface area contributed by atoms with Crippen molar-refractivity contribution in [1.29, 1.82) is 0 Å². The van der Waals surface area contributed by atoms with E-state index >= 15 is 0 Å². The molecule has 0 N–H and O–H groups in total. The van der Waals surface area contributed by atoms with E-state index in [1.807, 2.05) is 0 Å². The van der Waals surface area contributed by atoms with Crippen LogP contribution in [0.15, 0.2) is 0 Å². The fourth-order valence-electron chi connectivity index (χ4n) is 0. The number of halogens is 6. The van der Waals surface area contributed by atoms with Crippen molar-refractivity contribution < 1.29 is 16.7 Å². The van der Waals surface area contributed by atoms with Crippen molar-refractivity contribution in [2.45, 2.75) is 0 Å². The fourth-order valence-corrected chi connectivity index (χ4v) is 0. The summed E-state index contributed by atoms with van der Waals surface area (Å²) in [4.78, 5) is 0. The number of hydrogen-bond acceptors (Lipinski definition) is 0. The van der Waals surface area contributed by atoms with Gasteiger partial charge in [-0.25, -0.2) is 0 Å². The summed E-state index contributed by atoms with van der Waals surface area (Å²) in [7, 11) is 0. The van der Waals surface area contributed by atoms with Gasteiger partial charge in [-0.05, 0) is 0 Å². The Bertz CT molecular complexity index is 56.7. The quantitative estimate of drug-likeness (QED) is 0.283. The first kappa shape index (κ1) is 11.8. The van der Waals surface area contributed by atoms with Crippen LogP contribution in [0.25, 0.3) is 0 Å². The monoisotopic (exact) mass is 792 g/mol. The third-order valence-corrected chi connectivity index (χ3v) is 87.5. The van der Waals surface area contributed by atoms with Crippen LogP contribution < -0.4 is 16.7 Å². The predicted molar refractivity (Wildman–Crippen MR) is 77.0 cm³/mol. The van der Waals surface area contributed by atoms with Crippen LogP contribution in [0.2, 0.25) is 0 Å². The molecular weight excluding hydrogens is 792 g/mol. The Kier molecular flexibility index (Phi) is 7.02. The Balaban J connectivity index is 3.83. The van der Waals surface area contributed by atoms with Gasteiger partial charge in [0.15, 0.2) is 0 Å². The molecule has 7 heteroatoms. The molecule has 0 saturated carbocycles. The van der Waals surface area contributed by atoms with E-state index in [1.165, 1.54) is 0 Å². The first-order chi connectivity index (χ1) is 2.81. The van der Waals surface area contributed by atoms with Gasteiger partial charge in [-0.2, -0.15) is 0 Å². The van der Waals surface area contributed by atoms with Crippen LogP contribution in [0.3, 0.4) is 0 Å². The average Bonchev–Trinajstić information content (AvgIpc) is 1.32.